The predicted octanol–water partition coefficient (Wildman–Crippen LogP) is 1.28. The van der Waals surface area contributed by atoms with Crippen LogP contribution in [0.15, 0.2) is 0 Å². The summed E-state index contributed by atoms with van der Waals surface area (Å²) < 4.78 is 13.3. The Morgan fingerprint density at radius 3 is 2.86 bits per heavy atom. The molecule has 0 aromatic carbocycles. The molecule has 7 nitrogen and oxygen atoms in total. The van der Waals surface area contributed by atoms with Gasteiger partial charge in [0, 0.05) is 32.9 Å². The maximum absolute atomic E-state index is 5.94. The summed E-state index contributed by atoms with van der Waals surface area (Å²) in [6.07, 6.45) is 3.32. The van der Waals surface area contributed by atoms with Crippen LogP contribution in [0.2, 0.25) is 0 Å². The van der Waals surface area contributed by atoms with Crippen molar-refractivity contribution >= 4 is 5.95 Å². The molecule has 0 amide bonds. The normalized spacial score (nSPS) is 24.1. The van der Waals surface area contributed by atoms with Gasteiger partial charge in [0.15, 0.2) is 0 Å². The summed E-state index contributed by atoms with van der Waals surface area (Å²) in [6, 6.07) is 0.361. The fraction of sp³-hybridized carbons (Fsp3) is 0.929. The molecule has 0 aliphatic carbocycles. The molecule has 0 N–H and O–H groups in total. The quantitative estimate of drug-likeness (QED) is 0.815. The Morgan fingerprint density at radius 2 is 2.10 bits per heavy atom. The molecule has 3 rings (SSSR count). The molecule has 0 spiro atoms. The van der Waals surface area contributed by atoms with Gasteiger partial charge in [-0.1, -0.05) is 18.9 Å². The fourth-order valence-corrected chi connectivity index (χ4v) is 2.94. The number of hydrogen-bond donors (Lipinski definition) is 0. The molecule has 7 heteroatoms. The number of rotatable bonds is 5. The lowest BCUT2D eigenvalue weighted by Crippen LogP contribution is -2.29. The molecule has 1 aromatic rings. The van der Waals surface area contributed by atoms with Gasteiger partial charge < -0.3 is 14.4 Å². The first-order valence-electron chi connectivity index (χ1n) is 7.96. The Bertz CT molecular complexity index is 444. The van der Waals surface area contributed by atoms with E-state index in [1.54, 1.807) is 0 Å². The monoisotopic (exact) mass is 295 g/mol. The van der Waals surface area contributed by atoms with Crippen LogP contribution in [0.5, 0.6) is 0 Å². The Balaban J connectivity index is 1.61. The number of tetrazole rings is 1. The van der Waals surface area contributed by atoms with E-state index in [0.717, 1.165) is 58.1 Å². The summed E-state index contributed by atoms with van der Waals surface area (Å²) >= 11 is 0. The molecule has 21 heavy (non-hydrogen) atoms. The average Bonchev–Trinajstić information content (AvgIpc) is 3.14. The first-order valence-corrected chi connectivity index (χ1v) is 7.96. The molecular formula is C14H25N5O2. The van der Waals surface area contributed by atoms with Crippen molar-refractivity contribution in [2.45, 2.75) is 45.3 Å². The lowest BCUT2D eigenvalue weighted by Gasteiger charge is -2.25. The fourth-order valence-electron chi connectivity index (χ4n) is 2.94. The third kappa shape index (κ3) is 3.52. The molecule has 1 aromatic heterocycles. The van der Waals surface area contributed by atoms with E-state index >= 15 is 0 Å². The van der Waals surface area contributed by atoms with E-state index in [-0.39, 0.29) is 0 Å². The van der Waals surface area contributed by atoms with Crippen LogP contribution in [0.25, 0.3) is 0 Å². The summed E-state index contributed by atoms with van der Waals surface area (Å²) in [5, 5.41) is 12.3. The topological polar surface area (TPSA) is 65.3 Å². The van der Waals surface area contributed by atoms with Gasteiger partial charge in [-0.2, -0.15) is 0 Å². The number of aromatic nitrogens is 4. The largest absolute Gasteiger partial charge is 0.381 e. The van der Waals surface area contributed by atoms with Crippen LogP contribution in [0.1, 0.15) is 39.2 Å². The van der Waals surface area contributed by atoms with Crippen molar-refractivity contribution in [3.63, 3.8) is 0 Å². The van der Waals surface area contributed by atoms with Gasteiger partial charge in [0.25, 0.3) is 0 Å². The van der Waals surface area contributed by atoms with E-state index in [1.165, 1.54) is 0 Å². The number of hydrogen-bond acceptors (Lipinski definition) is 6. The number of nitrogens with zero attached hydrogens (tertiary/aromatic N) is 5. The van der Waals surface area contributed by atoms with Crippen LogP contribution in [0.4, 0.5) is 5.95 Å². The van der Waals surface area contributed by atoms with E-state index in [9.17, 15) is 0 Å². The van der Waals surface area contributed by atoms with Gasteiger partial charge in [0.2, 0.25) is 5.95 Å². The van der Waals surface area contributed by atoms with Gasteiger partial charge in [-0.15, -0.1) is 0 Å². The van der Waals surface area contributed by atoms with Crippen molar-refractivity contribution < 1.29 is 9.47 Å². The minimum Gasteiger partial charge on any atom is -0.381 e. The molecule has 2 aliphatic rings. The van der Waals surface area contributed by atoms with Crippen LogP contribution < -0.4 is 4.90 Å². The van der Waals surface area contributed by atoms with Crippen molar-refractivity contribution in [3.05, 3.63) is 0 Å². The van der Waals surface area contributed by atoms with Crippen molar-refractivity contribution in [2.24, 2.45) is 5.92 Å². The van der Waals surface area contributed by atoms with E-state index in [0.29, 0.717) is 18.1 Å². The molecule has 0 saturated carbocycles. The smallest absolute Gasteiger partial charge is 0.245 e. The third-order valence-electron chi connectivity index (χ3n) is 4.11. The highest BCUT2D eigenvalue weighted by molar-refractivity contribution is 5.31. The van der Waals surface area contributed by atoms with Gasteiger partial charge in [0.1, 0.15) is 0 Å². The first kappa shape index (κ1) is 14.7. The molecular weight excluding hydrogens is 270 g/mol. The predicted molar refractivity (Wildman–Crippen MR) is 78.3 cm³/mol. The number of ether oxygens (including phenoxy) is 2. The standard InChI is InChI=1S/C14H25N5O2/c1-11(2)10-21-13-3-6-18(9-13)14-15-16-17-19(14)12-4-7-20-8-5-12/h11-13H,3-10H2,1-2H3. The highest BCUT2D eigenvalue weighted by atomic mass is 16.5. The highest BCUT2D eigenvalue weighted by Crippen LogP contribution is 2.26. The molecule has 3 heterocycles. The van der Waals surface area contributed by atoms with Crippen LogP contribution in [-0.4, -0.2) is 59.2 Å². The highest BCUT2D eigenvalue weighted by Gasteiger charge is 2.29. The van der Waals surface area contributed by atoms with E-state index in [1.807, 2.05) is 4.68 Å². The zero-order valence-electron chi connectivity index (χ0n) is 12.9. The third-order valence-corrected chi connectivity index (χ3v) is 4.11. The average molecular weight is 295 g/mol. The molecule has 0 radical (unpaired) electrons. The second-order valence-electron chi connectivity index (χ2n) is 6.35. The van der Waals surface area contributed by atoms with Gasteiger partial charge in [-0.25, -0.2) is 4.68 Å². The Kier molecular flexibility index (Phi) is 4.70. The minimum absolute atomic E-state index is 0.298. The summed E-state index contributed by atoms with van der Waals surface area (Å²) in [5.74, 6) is 1.46. The molecule has 2 aliphatic heterocycles. The molecule has 118 valence electrons. The van der Waals surface area contributed by atoms with Crippen molar-refractivity contribution in [3.8, 4) is 0 Å². The van der Waals surface area contributed by atoms with Crippen molar-refractivity contribution in [1.29, 1.82) is 0 Å². The lowest BCUT2D eigenvalue weighted by molar-refractivity contribution is 0.0494. The summed E-state index contributed by atoms with van der Waals surface area (Å²) in [6.45, 7) is 8.62. The summed E-state index contributed by atoms with van der Waals surface area (Å²) in [5.41, 5.74) is 0. The van der Waals surface area contributed by atoms with Gasteiger partial charge in [-0.3, -0.25) is 0 Å². The molecule has 2 fully saturated rings. The van der Waals surface area contributed by atoms with Gasteiger partial charge in [0.05, 0.1) is 12.1 Å². The molecule has 0 bridgehead atoms. The Hall–Kier alpha value is -1.21. The van der Waals surface area contributed by atoms with E-state index in [4.69, 9.17) is 9.47 Å². The number of anilines is 1. The minimum atomic E-state index is 0.298. The van der Waals surface area contributed by atoms with Gasteiger partial charge >= 0.3 is 0 Å². The zero-order valence-corrected chi connectivity index (χ0v) is 12.9. The molecule has 1 atom stereocenters. The second-order valence-corrected chi connectivity index (χ2v) is 6.35. The first-order chi connectivity index (χ1) is 10.2. The van der Waals surface area contributed by atoms with Crippen molar-refractivity contribution in [1.82, 2.24) is 20.2 Å². The van der Waals surface area contributed by atoms with E-state index < -0.39 is 0 Å². The van der Waals surface area contributed by atoms with E-state index in [2.05, 4.69) is 34.3 Å². The molecule has 1 unspecified atom stereocenters. The van der Waals surface area contributed by atoms with Crippen molar-refractivity contribution in [2.75, 3.05) is 37.8 Å². The second kappa shape index (κ2) is 6.70. The molecule has 2 saturated heterocycles. The van der Waals surface area contributed by atoms with Crippen LogP contribution >= 0.6 is 0 Å². The summed E-state index contributed by atoms with van der Waals surface area (Å²) in [4.78, 5) is 2.25. The maximum atomic E-state index is 5.94. The van der Waals surface area contributed by atoms with Crippen LogP contribution in [-0.2, 0) is 9.47 Å². The maximum Gasteiger partial charge on any atom is 0.245 e. The van der Waals surface area contributed by atoms with Gasteiger partial charge in [-0.05, 0) is 35.6 Å². The Labute approximate surface area is 125 Å². The Morgan fingerprint density at radius 1 is 1.29 bits per heavy atom. The summed E-state index contributed by atoms with van der Waals surface area (Å²) in [7, 11) is 0. The van der Waals surface area contributed by atoms with Crippen LogP contribution in [0, 0.1) is 5.92 Å². The zero-order chi connectivity index (χ0) is 14.7. The SMILES string of the molecule is CC(C)COC1CCN(c2nnnn2C2CCOCC2)C1. The lowest BCUT2D eigenvalue weighted by atomic mass is 10.1. The van der Waals surface area contributed by atoms with Crippen LogP contribution in [0.3, 0.4) is 0 Å².